The van der Waals surface area contributed by atoms with E-state index < -0.39 is 0 Å². The molecule has 0 aliphatic rings. The summed E-state index contributed by atoms with van der Waals surface area (Å²) in [6, 6.07) is 4.86. The van der Waals surface area contributed by atoms with Crippen LogP contribution < -0.4 is 5.32 Å². The summed E-state index contributed by atoms with van der Waals surface area (Å²) in [7, 11) is 2.03. The molecule has 1 unspecified atom stereocenters. The second-order valence-corrected chi connectivity index (χ2v) is 6.19. The lowest BCUT2D eigenvalue weighted by atomic mass is 10.1. The number of thioether (sulfide) groups is 1. The molecule has 1 rings (SSSR count). The van der Waals surface area contributed by atoms with Crippen molar-refractivity contribution >= 4 is 11.8 Å². The van der Waals surface area contributed by atoms with E-state index in [-0.39, 0.29) is 0 Å². The van der Waals surface area contributed by atoms with Crippen molar-refractivity contribution in [2.45, 2.75) is 44.9 Å². The van der Waals surface area contributed by atoms with Gasteiger partial charge in [-0.15, -0.1) is 0 Å². The molecule has 1 N–H and O–H groups in total. The number of aromatic nitrogens is 1. The third-order valence-electron chi connectivity index (χ3n) is 2.79. The van der Waals surface area contributed by atoms with Crippen molar-refractivity contribution in [3.05, 3.63) is 29.6 Å². The fourth-order valence-corrected chi connectivity index (χ4v) is 2.49. The topological polar surface area (TPSA) is 24.9 Å². The second kappa shape index (κ2) is 7.72. The largest absolute Gasteiger partial charge is 0.316 e. The first-order valence-electron chi connectivity index (χ1n) is 6.38. The van der Waals surface area contributed by atoms with E-state index in [1.54, 1.807) is 0 Å². The van der Waals surface area contributed by atoms with E-state index in [4.69, 9.17) is 0 Å². The highest BCUT2D eigenvalue weighted by Crippen LogP contribution is 2.13. The number of hydrogen-bond acceptors (Lipinski definition) is 3. The van der Waals surface area contributed by atoms with Crippen LogP contribution in [-0.4, -0.2) is 29.1 Å². The molecule has 0 bridgehead atoms. The summed E-state index contributed by atoms with van der Waals surface area (Å²) in [5, 5.41) is 4.07. The molecule has 0 aliphatic carbocycles. The number of aryl methyl sites for hydroxylation is 1. The Morgan fingerprint density at radius 2 is 2.12 bits per heavy atom. The zero-order valence-corrected chi connectivity index (χ0v) is 12.2. The van der Waals surface area contributed by atoms with Gasteiger partial charge in [-0.1, -0.05) is 26.8 Å². The summed E-state index contributed by atoms with van der Waals surface area (Å²) in [6.45, 7) is 6.64. The molecule has 0 aromatic carbocycles. The van der Waals surface area contributed by atoms with Crippen molar-refractivity contribution in [1.82, 2.24) is 10.3 Å². The van der Waals surface area contributed by atoms with Crippen LogP contribution >= 0.6 is 11.8 Å². The van der Waals surface area contributed by atoms with E-state index in [0.717, 1.165) is 18.6 Å². The lowest BCUT2D eigenvalue weighted by Crippen LogP contribution is -2.30. The molecular weight excluding hydrogens is 228 g/mol. The first-order valence-corrected chi connectivity index (χ1v) is 7.43. The van der Waals surface area contributed by atoms with Gasteiger partial charge in [0.25, 0.3) is 0 Å². The Balaban J connectivity index is 2.48. The van der Waals surface area contributed by atoms with Gasteiger partial charge >= 0.3 is 0 Å². The predicted octanol–water partition coefficient (Wildman–Crippen LogP) is 2.92. The highest BCUT2D eigenvalue weighted by molar-refractivity contribution is 7.99. The van der Waals surface area contributed by atoms with E-state index in [9.17, 15) is 0 Å². The van der Waals surface area contributed by atoms with Crippen molar-refractivity contribution in [3.8, 4) is 0 Å². The predicted molar refractivity (Wildman–Crippen MR) is 77.8 cm³/mol. The van der Waals surface area contributed by atoms with E-state index in [1.165, 1.54) is 11.3 Å². The monoisotopic (exact) mass is 252 g/mol. The molecule has 1 heterocycles. The smallest absolute Gasteiger partial charge is 0.0419 e. The van der Waals surface area contributed by atoms with Crippen molar-refractivity contribution in [3.63, 3.8) is 0 Å². The molecule has 0 aliphatic heterocycles. The summed E-state index contributed by atoms with van der Waals surface area (Å²) in [5.74, 6) is 1.14. The summed E-state index contributed by atoms with van der Waals surface area (Å²) in [4.78, 5) is 4.52. The van der Waals surface area contributed by atoms with E-state index in [0.29, 0.717) is 11.3 Å². The maximum Gasteiger partial charge on any atom is 0.0419 e. The zero-order chi connectivity index (χ0) is 12.7. The molecular formula is C14H24N2S. The van der Waals surface area contributed by atoms with E-state index in [1.807, 2.05) is 25.0 Å². The van der Waals surface area contributed by atoms with Crippen molar-refractivity contribution < 1.29 is 0 Å². The van der Waals surface area contributed by atoms with Gasteiger partial charge in [-0.25, -0.2) is 0 Å². The van der Waals surface area contributed by atoms with Crippen LogP contribution in [0.2, 0.25) is 0 Å². The molecule has 0 spiro atoms. The molecule has 1 aromatic rings. The lowest BCUT2D eigenvalue weighted by Gasteiger charge is -2.16. The Morgan fingerprint density at radius 1 is 1.35 bits per heavy atom. The molecule has 17 heavy (non-hydrogen) atoms. The highest BCUT2D eigenvalue weighted by atomic mass is 32.2. The highest BCUT2D eigenvalue weighted by Gasteiger charge is 2.09. The van der Waals surface area contributed by atoms with Gasteiger partial charge in [0.15, 0.2) is 0 Å². The van der Waals surface area contributed by atoms with Gasteiger partial charge in [0.1, 0.15) is 0 Å². The molecule has 0 saturated carbocycles. The fourth-order valence-electron chi connectivity index (χ4n) is 1.59. The van der Waals surface area contributed by atoms with Crippen molar-refractivity contribution in [1.29, 1.82) is 0 Å². The molecule has 0 amide bonds. The summed E-state index contributed by atoms with van der Waals surface area (Å²) < 4.78 is 0. The zero-order valence-electron chi connectivity index (χ0n) is 11.4. The molecule has 3 heteroatoms. The minimum atomic E-state index is 0.516. The molecule has 1 aromatic heterocycles. The number of rotatable bonds is 7. The maximum atomic E-state index is 4.52. The van der Waals surface area contributed by atoms with Crippen molar-refractivity contribution in [2.75, 3.05) is 12.8 Å². The van der Waals surface area contributed by atoms with Crippen LogP contribution in [-0.2, 0) is 12.8 Å². The molecule has 96 valence electrons. The number of pyridine rings is 1. The standard InChI is InChI=1S/C14H24N2S/c1-5-12-6-7-13(16-9-12)8-14(15-4)10-17-11(2)3/h6-7,9,11,14-15H,5,8,10H2,1-4H3. The summed E-state index contributed by atoms with van der Waals surface area (Å²) in [5.41, 5.74) is 2.50. The Labute approximate surface area is 110 Å². The molecule has 2 nitrogen and oxygen atoms in total. The minimum absolute atomic E-state index is 0.516. The molecule has 0 radical (unpaired) electrons. The maximum absolute atomic E-state index is 4.52. The van der Waals surface area contributed by atoms with Crippen molar-refractivity contribution in [2.24, 2.45) is 0 Å². The second-order valence-electron chi connectivity index (χ2n) is 4.58. The van der Waals surface area contributed by atoms with Crippen LogP contribution in [0.25, 0.3) is 0 Å². The average Bonchev–Trinajstić information content (AvgIpc) is 2.35. The molecule has 0 fully saturated rings. The van der Waals surface area contributed by atoms with Crippen LogP contribution in [0.4, 0.5) is 0 Å². The van der Waals surface area contributed by atoms with E-state index in [2.05, 4.69) is 43.2 Å². The Bertz CT molecular complexity index is 309. The first kappa shape index (κ1) is 14.5. The van der Waals surface area contributed by atoms with E-state index >= 15 is 0 Å². The molecule has 0 saturated heterocycles. The quantitative estimate of drug-likeness (QED) is 0.807. The van der Waals surface area contributed by atoms with Crippen LogP contribution in [0.3, 0.4) is 0 Å². The molecule has 1 atom stereocenters. The van der Waals surface area contributed by atoms with Gasteiger partial charge in [-0.2, -0.15) is 11.8 Å². The number of nitrogens with one attached hydrogen (secondary N) is 1. The van der Waals surface area contributed by atoms with Crippen LogP contribution in [0.15, 0.2) is 18.3 Å². The van der Waals surface area contributed by atoms with Gasteiger partial charge in [-0.05, 0) is 30.3 Å². The Morgan fingerprint density at radius 3 is 2.59 bits per heavy atom. The number of hydrogen-bond donors (Lipinski definition) is 1. The van der Waals surface area contributed by atoms with Crippen LogP contribution in [0.5, 0.6) is 0 Å². The first-order chi connectivity index (χ1) is 8.15. The third kappa shape index (κ3) is 5.55. The number of nitrogens with zero attached hydrogens (tertiary/aromatic N) is 1. The van der Waals surface area contributed by atoms with Gasteiger partial charge in [0.2, 0.25) is 0 Å². The summed E-state index contributed by atoms with van der Waals surface area (Å²) in [6.07, 6.45) is 4.07. The van der Waals surface area contributed by atoms with Crippen LogP contribution in [0, 0.1) is 0 Å². The normalized spacial score (nSPS) is 13.0. The van der Waals surface area contributed by atoms with Gasteiger partial charge in [-0.3, -0.25) is 4.98 Å². The van der Waals surface area contributed by atoms with Gasteiger partial charge < -0.3 is 5.32 Å². The SMILES string of the molecule is CCc1ccc(CC(CSC(C)C)NC)nc1. The number of likely N-dealkylation sites (N-methyl/N-ethyl adjacent to an activating group) is 1. The van der Waals surface area contributed by atoms with Gasteiger partial charge in [0.05, 0.1) is 0 Å². The lowest BCUT2D eigenvalue weighted by molar-refractivity contribution is 0.608. The fraction of sp³-hybridized carbons (Fsp3) is 0.643. The van der Waals surface area contributed by atoms with Crippen LogP contribution in [0.1, 0.15) is 32.0 Å². The Kier molecular flexibility index (Phi) is 6.60. The minimum Gasteiger partial charge on any atom is -0.316 e. The van der Waals surface area contributed by atoms with Gasteiger partial charge in [0, 0.05) is 30.1 Å². The summed E-state index contributed by atoms with van der Waals surface area (Å²) >= 11 is 2.00. The third-order valence-corrected chi connectivity index (χ3v) is 4.05. The average molecular weight is 252 g/mol. The Hall–Kier alpha value is -0.540.